The number of aryl methyl sites for hydroxylation is 1. The van der Waals surface area contributed by atoms with Crippen molar-refractivity contribution in [2.24, 2.45) is 0 Å². The van der Waals surface area contributed by atoms with E-state index in [1.165, 1.54) is 19.3 Å². The third kappa shape index (κ3) is 5.20. The topological polar surface area (TPSA) is 72.2 Å². The van der Waals surface area contributed by atoms with Crippen molar-refractivity contribution < 1.29 is 9.90 Å². The maximum Gasteiger partial charge on any atom is 0.336 e. The number of fused-ring (bicyclic) bond motifs is 1. The van der Waals surface area contributed by atoms with Crippen LogP contribution in [0.3, 0.4) is 0 Å². The number of hydrogen-bond donors (Lipinski definition) is 1. The molecule has 168 valence electrons. The molecule has 4 rings (SSSR count). The molecule has 1 aromatic heterocycles. The number of carboxylic acids is 1. The van der Waals surface area contributed by atoms with Gasteiger partial charge in [0.25, 0.3) is 0 Å². The highest BCUT2D eigenvalue weighted by molar-refractivity contribution is 5.96. The van der Waals surface area contributed by atoms with Crippen LogP contribution in [0.2, 0.25) is 0 Å². The molecule has 0 amide bonds. The van der Waals surface area contributed by atoms with Crippen LogP contribution in [0.15, 0.2) is 77.6 Å². The van der Waals surface area contributed by atoms with Gasteiger partial charge in [0.2, 0.25) is 0 Å². The number of aromatic nitrogens is 2. The van der Waals surface area contributed by atoms with E-state index in [9.17, 15) is 14.7 Å². The van der Waals surface area contributed by atoms with Crippen LogP contribution in [0.5, 0.6) is 0 Å². The summed E-state index contributed by atoms with van der Waals surface area (Å²) in [5.41, 5.74) is 4.70. The normalized spacial score (nSPS) is 11.1. The molecular weight excluding hydrogens is 412 g/mol. The molecule has 5 nitrogen and oxygen atoms in total. The van der Waals surface area contributed by atoms with Crippen LogP contribution in [0.4, 0.5) is 0 Å². The van der Waals surface area contributed by atoms with Gasteiger partial charge in [-0.05, 0) is 53.4 Å². The van der Waals surface area contributed by atoms with Crippen LogP contribution in [0.25, 0.3) is 22.2 Å². The van der Waals surface area contributed by atoms with Gasteiger partial charge in [0.1, 0.15) is 5.82 Å². The molecule has 0 spiro atoms. The lowest BCUT2D eigenvalue weighted by Crippen LogP contribution is -2.06. The van der Waals surface area contributed by atoms with Crippen LogP contribution in [-0.2, 0) is 13.0 Å². The van der Waals surface area contributed by atoms with Gasteiger partial charge >= 0.3 is 5.97 Å². The Hall–Kier alpha value is -3.73. The average molecular weight is 441 g/mol. The summed E-state index contributed by atoms with van der Waals surface area (Å²) in [6, 6.07) is 21.8. The number of carboxylic acid groups (broad SMARTS) is 1. The standard InChI is InChI=1S/C28H28N2O3/c1-2-3-4-5-10-27-29-25-17-15-22(31)16-18-26(25)30(27)19-20-11-13-21(14-12-20)23-8-6-7-9-24(23)28(32)33/h6-9,11-18H,2-5,10,19H2,1H3,(H,32,33). The van der Waals surface area contributed by atoms with Gasteiger partial charge in [0.15, 0.2) is 5.43 Å². The zero-order chi connectivity index (χ0) is 23.2. The van der Waals surface area contributed by atoms with Crippen LogP contribution in [0.1, 0.15) is 54.4 Å². The fraction of sp³-hybridized carbons (Fsp3) is 0.250. The zero-order valence-corrected chi connectivity index (χ0v) is 18.8. The first-order valence-corrected chi connectivity index (χ1v) is 11.5. The van der Waals surface area contributed by atoms with Gasteiger partial charge < -0.3 is 9.67 Å². The molecule has 0 atom stereocenters. The molecule has 5 heteroatoms. The van der Waals surface area contributed by atoms with Gasteiger partial charge in [-0.1, -0.05) is 68.7 Å². The first-order chi connectivity index (χ1) is 16.1. The summed E-state index contributed by atoms with van der Waals surface area (Å²) >= 11 is 0. The quantitative estimate of drug-likeness (QED) is 0.327. The number of carbonyl (C=O) groups is 1. The molecule has 3 aromatic carbocycles. The van der Waals surface area contributed by atoms with E-state index in [1.807, 2.05) is 42.5 Å². The van der Waals surface area contributed by atoms with Crippen LogP contribution in [0, 0.1) is 0 Å². The average Bonchev–Trinajstić information content (AvgIpc) is 3.03. The molecule has 0 bridgehead atoms. The molecule has 0 aliphatic heterocycles. The molecule has 0 saturated heterocycles. The summed E-state index contributed by atoms with van der Waals surface area (Å²) in [5, 5.41) is 9.50. The van der Waals surface area contributed by atoms with Gasteiger partial charge in [-0.15, -0.1) is 0 Å². The maximum atomic E-state index is 11.8. The second-order valence-corrected chi connectivity index (χ2v) is 8.31. The predicted octanol–water partition coefficient (Wildman–Crippen LogP) is 5.93. The van der Waals surface area contributed by atoms with Crippen LogP contribution >= 0.6 is 0 Å². The molecule has 0 unspecified atom stereocenters. The summed E-state index contributed by atoms with van der Waals surface area (Å²) in [4.78, 5) is 28.3. The molecule has 33 heavy (non-hydrogen) atoms. The molecule has 1 heterocycles. The lowest BCUT2D eigenvalue weighted by molar-refractivity contribution is 0.0697. The van der Waals surface area contributed by atoms with Gasteiger partial charge in [-0.25, -0.2) is 9.78 Å². The summed E-state index contributed by atoms with van der Waals surface area (Å²) in [6.45, 7) is 2.84. The first-order valence-electron chi connectivity index (χ1n) is 11.5. The Labute approximate surface area is 193 Å². The smallest absolute Gasteiger partial charge is 0.336 e. The summed E-state index contributed by atoms with van der Waals surface area (Å²) in [7, 11) is 0. The Morgan fingerprint density at radius 1 is 0.909 bits per heavy atom. The highest BCUT2D eigenvalue weighted by Crippen LogP contribution is 2.25. The molecule has 0 saturated carbocycles. The van der Waals surface area contributed by atoms with Crippen molar-refractivity contribution in [3.8, 4) is 11.1 Å². The third-order valence-electron chi connectivity index (χ3n) is 5.94. The maximum absolute atomic E-state index is 11.8. The summed E-state index contributed by atoms with van der Waals surface area (Å²) in [6.07, 6.45) is 5.56. The van der Waals surface area contributed by atoms with Crippen molar-refractivity contribution >= 4 is 17.0 Å². The van der Waals surface area contributed by atoms with E-state index in [-0.39, 0.29) is 5.43 Å². The SMILES string of the molecule is CCCCCCc1nc2ccc(=O)ccc2n1Cc1ccc(-c2ccccc2C(=O)O)cc1. The molecular formula is C28H28N2O3. The van der Waals surface area contributed by atoms with Gasteiger partial charge in [-0.2, -0.15) is 0 Å². The van der Waals surface area contributed by atoms with Crippen LogP contribution < -0.4 is 5.43 Å². The fourth-order valence-corrected chi connectivity index (χ4v) is 4.18. The highest BCUT2D eigenvalue weighted by atomic mass is 16.4. The van der Waals surface area contributed by atoms with Crippen molar-refractivity contribution in [2.45, 2.75) is 45.6 Å². The van der Waals surface area contributed by atoms with Crippen molar-refractivity contribution in [1.29, 1.82) is 0 Å². The van der Waals surface area contributed by atoms with Crippen molar-refractivity contribution in [3.63, 3.8) is 0 Å². The molecule has 0 aliphatic rings. The van der Waals surface area contributed by atoms with E-state index in [4.69, 9.17) is 4.98 Å². The number of aromatic carboxylic acids is 1. The summed E-state index contributed by atoms with van der Waals surface area (Å²) in [5.74, 6) is 0.0953. The number of nitrogens with zero attached hydrogens (tertiary/aromatic N) is 2. The van der Waals surface area contributed by atoms with Gasteiger partial charge in [0, 0.05) is 13.0 Å². The predicted molar refractivity (Wildman–Crippen MR) is 132 cm³/mol. The molecule has 4 aromatic rings. The second-order valence-electron chi connectivity index (χ2n) is 8.31. The minimum absolute atomic E-state index is 0.0366. The third-order valence-corrected chi connectivity index (χ3v) is 5.94. The van der Waals surface area contributed by atoms with Crippen molar-refractivity contribution in [2.75, 3.05) is 0 Å². The van der Waals surface area contributed by atoms with Gasteiger partial charge in [-0.3, -0.25) is 4.79 Å². The number of benzene rings is 2. The minimum Gasteiger partial charge on any atom is -0.478 e. The van der Waals surface area contributed by atoms with Crippen molar-refractivity contribution in [3.05, 3.63) is 100.0 Å². The molecule has 0 radical (unpaired) electrons. The van der Waals surface area contributed by atoms with E-state index in [2.05, 4.69) is 11.5 Å². The molecule has 0 fully saturated rings. The van der Waals surface area contributed by atoms with E-state index in [1.54, 1.807) is 30.3 Å². The Kier molecular flexibility index (Phi) is 6.98. The zero-order valence-electron chi connectivity index (χ0n) is 18.8. The van der Waals surface area contributed by atoms with E-state index >= 15 is 0 Å². The monoisotopic (exact) mass is 440 g/mol. The first kappa shape index (κ1) is 22.5. The number of unbranched alkanes of at least 4 members (excludes halogenated alkanes) is 3. The number of hydrogen-bond acceptors (Lipinski definition) is 3. The molecule has 1 N–H and O–H groups in total. The van der Waals surface area contributed by atoms with Gasteiger partial charge in [0.05, 0.1) is 16.6 Å². The van der Waals surface area contributed by atoms with Crippen LogP contribution in [-0.4, -0.2) is 20.6 Å². The van der Waals surface area contributed by atoms with E-state index in [0.717, 1.165) is 40.8 Å². The minimum atomic E-state index is -0.933. The number of imidazole rings is 1. The Morgan fingerprint density at radius 3 is 2.42 bits per heavy atom. The Bertz CT molecular complexity index is 1320. The largest absolute Gasteiger partial charge is 0.478 e. The van der Waals surface area contributed by atoms with E-state index in [0.29, 0.717) is 17.7 Å². The Morgan fingerprint density at radius 2 is 1.67 bits per heavy atom. The van der Waals surface area contributed by atoms with E-state index < -0.39 is 5.97 Å². The lowest BCUT2D eigenvalue weighted by Gasteiger charge is -2.11. The summed E-state index contributed by atoms with van der Waals surface area (Å²) < 4.78 is 2.20. The lowest BCUT2D eigenvalue weighted by atomic mass is 9.99. The highest BCUT2D eigenvalue weighted by Gasteiger charge is 2.13. The molecule has 0 aliphatic carbocycles. The fourth-order valence-electron chi connectivity index (χ4n) is 4.18. The number of rotatable bonds is 9. The Balaban J connectivity index is 1.66. The second kappa shape index (κ2) is 10.3. The van der Waals surface area contributed by atoms with Crippen molar-refractivity contribution in [1.82, 2.24) is 9.55 Å².